The lowest BCUT2D eigenvalue weighted by molar-refractivity contribution is -0.0429. The highest BCUT2D eigenvalue weighted by Gasteiger charge is 2.46. The van der Waals surface area contributed by atoms with E-state index in [0.29, 0.717) is 11.3 Å². The Labute approximate surface area is 146 Å². The van der Waals surface area contributed by atoms with Gasteiger partial charge in [0.05, 0.1) is 5.69 Å². The Morgan fingerprint density at radius 3 is 2.16 bits per heavy atom. The first-order valence-corrected chi connectivity index (χ1v) is 9.34. The SMILES string of the molecule is O=S(=O)(Nc1nc(-c2ccccc2-c2ccccc2)cs1)C(F)(F)F. The number of halogens is 3. The zero-order valence-corrected chi connectivity index (χ0v) is 14.1. The van der Waals surface area contributed by atoms with Gasteiger partial charge in [-0.3, -0.25) is 4.72 Å². The maximum atomic E-state index is 12.5. The average Bonchev–Trinajstić information content (AvgIpc) is 3.02. The summed E-state index contributed by atoms with van der Waals surface area (Å²) in [6.45, 7) is 0. The van der Waals surface area contributed by atoms with Crippen LogP contribution in [0.15, 0.2) is 60.0 Å². The first-order chi connectivity index (χ1) is 11.8. The van der Waals surface area contributed by atoms with Gasteiger partial charge in [0.2, 0.25) is 0 Å². The molecule has 0 radical (unpaired) electrons. The van der Waals surface area contributed by atoms with Crippen molar-refractivity contribution < 1.29 is 21.6 Å². The molecule has 0 aliphatic heterocycles. The Bertz CT molecular complexity index is 984. The molecule has 1 heterocycles. The summed E-state index contributed by atoms with van der Waals surface area (Å²) < 4.78 is 61.2. The number of hydrogen-bond donors (Lipinski definition) is 1. The molecule has 130 valence electrons. The molecule has 0 fully saturated rings. The zero-order valence-electron chi connectivity index (χ0n) is 12.5. The van der Waals surface area contributed by atoms with Crippen molar-refractivity contribution in [3.05, 3.63) is 60.0 Å². The van der Waals surface area contributed by atoms with Crippen molar-refractivity contribution in [1.82, 2.24) is 4.98 Å². The molecule has 3 aromatic rings. The third kappa shape index (κ3) is 3.67. The second kappa shape index (κ2) is 6.49. The lowest BCUT2D eigenvalue weighted by Crippen LogP contribution is -2.29. The van der Waals surface area contributed by atoms with Crippen LogP contribution in [0.4, 0.5) is 18.3 Å². The minimum atomic E-state index is -5.48. The predicted molar refractivity (Wildman–Crippen MR) is 91.6 cm³/mol. The molecule has 0 saturated heterocycles. The molecule has 9 heteroatoms. The number of sulfonamides is 1. The van der Waals surface area contributed by atoms with Gasteiger partial charge < -0.3 is 0 Å². The fraction of sp³-hybridized carbons (Fsp3) is 0.0625. The van der Waals surface area contributed by atoms with Gasteiger partial charge in [-0.1, -0.05) is 54.6 Å². The topological polar surface area (TPSA) is 59.1 Å². The van der Waals surface area contributed by atoms with Crippen LogP contribution in [0, 0.1) is 0 Å². The molecule has 2 aromatic carbocycles. The lowest BCUT2D eigenvalue weighted by atomic mass is 9.98. The van der Waals surface area contributed by atoms with E-state index in [0.717, 1.165) is 22.5 Å². The number of nitrogens with zero attached hydrogens (tertiary/aromatic N) is 1. The summed E-state index contributed by atoms with van der Waals surface area (Å²) in [5, 5.41) is 1.17. The van der Waals surface area contributed by atoms with E-state index in [1.807, 2.05) is 42.5 Å². The molecule has 4 nitrogen and oxygen atoms in total. The van der Waals surface area contributed by atoms with Gasteiger partial charge in [-0.25, -0.2) is 4.98 Å². The second-order valence-corrected chi connectivity index (χ2v) is 7.53. The average molecular weight is 384 g/mol. The molecule has 0 amide bonds. The molecule has 0 aliphatic carbocycles. The van der Waals surface area contributed by atoms with Gasteiger partial charge in [0.1, 0.15) is 0 Å². The maximum absolute atomic E-state index is 12.5. The van der Waals surface area contributed by atoms with E-state index in [1.165, 1.54) is 10.1 Å². The Balaban J connectivity index is 1.97. The van der Waals surface area contributed by atoms with Crippen LogP contribution in [-0.2, 0) is 10.0 Å². The molecule has 1 aromatic heterocycles. The van der Waals surface area contributed by atoms with Gasteiger partial charge in [-0.2, -0.15) is 21.6 Å². The van der Waals surface area contributed by atoms with E-state index in [1.54, 1.807) is 12.1 Å². The summed E-state index contributed by atoms with van der Waals surface area (Å²) >= 11 is 0.790. The van der Waals surface area contributed by atoms with Crippen molar-refractivity contribution >= 4 is 26.5 Å². The summed E-state index contributed by atoms with van der Waals surface area (Å²) in [5.41, 5.74) is -2.53. The Morgan fingerprint density at radius 2 is 1.52 bits per heavy atom. The molecule has 0 atom stereocenters. The van der Waals surface area contributed by atoms with Crippen molar-refractivity contribution in [3.63, 3.8) is 0 Å². The maximum Gasteiger partial charge on any atom is 0.516 e. The van der Waals surface area contributed by atoms with Gasteiger partial charge in [0.25, 0.3) is 0 Å². The van der Waals surface area contributed by atoms with Crippen LogP contribution < -0.4 is 4.72 Å². The fourth-order valence-electron chi connectivity index (χ4n) is 2.19. The van der Waals surface area contributed by atoms with E-state index < -0.39 is 15.5 Å². The van der Waals surface area contributed by atoms with Crippen molar-refractivity contribution in [1.29, 1.82) is 0 Å². The van der Waals surface area contributed by atoms with Crippen LogP contribution in [0.3, 0.4) is 0 Å². The zero-order chi connectivity index (χ0) is 18.1. The second-order valence-electron chi connectivity index (χ2n) is 5.00. The Kier molecular flexibility index (Phi) is 4.53. The quantitative estimate of drug-likeness (QED) is 0.707. The number of nitrogens with one attached hydrogen (secondary N) is 1. The molecular weight excluding hydrogens is 373 g/mol. The van der Waals surface area contributed by atoms with Gasteiger partial charge in [-0.05, 0) is 11.1 Å². The van der Waals surface area contributed by atoms with Gasteiger partial charge in [0, 0.05) is 10.9 Å². The van der Waals surface area contributed by atoms with Crippen LogP contribution in [0.1, 0.15) is 0 Å². The van der Waals surface area contributed by atoms with Crippen molar-refractivity contribution in [3.8, 4) is 22.4 Å². The molecule has 0 bridgehead atoms. The molecular formula is C16H11F3N2O2S2. The van der Waals surface area contributed by atoms with E-state index in [9.17, 15) is 21.6 Å². The van der Waals surface area contributed by atoms with E-state index in [2.05, 4.69) is 4.98 Å². The van der Waals surface area contributed by atoms with E-state index in [4.69, 9.17) is 0 Å². The highest BCUT2D eigenvalue weighted by molar-refractivity contribution is 7.93. The third-order valence-corrected chi connectivity index (χ3v) is 5.28. The van der Waals surface area contributed by atoms with Crippen molar-refractivity contribution in [2.24, 2.45) is 0 Å². The number of aromatic nitrogens is 1. The summed E-state index contributed by atoms with van der Waals surface area (Å²) in [6.07, 6.45) is 0. The molecule has 1 N–H and O–H groups in total. The highest BCUT2D eigenvalue weighted by atomic mass is 32.2. The fourth-order valence-corrected chi connectivity index (χ4v) is 3.66. The normalized spacial score (nSPS) is 12.1. The molecule has 25 heavy (non-hydrogen) atoms. The number of benzene rings is 2. The smallest absolute Gasteiger partial charge is 0.251 e. The third-order valence-electron chi connectivity index (χ3n) is 3.32. The minimum absolute atomic E-state index is 0.338. The summed E-state index contributed by atoms with van der Waals surface area (Å²) in [5.74, 6) is 0. The first kappa shape index (κ1) is 17.4. The van der Waals surface area contributed by atoms with Crippen LogP contribution in [0.5, 0.6) is 0 Å². The summed E-state index contributed by atoms with van der Waals surface area (Å²) in [6, 6.07) is 16.7. The first-order valence-electron chi connectivity index (χ1n) is 6.97. The Hall–Kier alpha value is -2.39. The van der Waals surface area contributed by atoms with Crippen LogP contribution in [-0.4, -0.2) is 18.9 Å². The van der Waals surface area contributed by atoms with Gasteiger partial charge in [0.15, 0.2) is 5.13 Å². The summed E-state index contributed by atoms with van der Waals surface area (Å²) in [4.78, 5) is 3.99. The van der Waals surface area contributed by atoms with Crippen LogP contribution >= 0.6 is 11.3 Å². The largest absolute Gasteiger partial charge is 0.516 e. The predicted octanol–water partition coefficient (Wildman–Crippen LogP) is 4.74. The number of hydrogen-bond acceptors (Lipinski definition) is 4. The van der Waals surface area contributed by atoms with Crippen molar-refractivity contribution in [2.75, 3.05) is 4.72 Å². The number of anilines is 1. The highest BCUT2D eigenvalue weighted by Crippen LogP contribution is 2.34. The monoisotopic (exact) mass is 384 g/mol. The number of rotatable bonds is 4. The van der Waals surface area contributed by atoms with E-state index in [-0.39, 0.29) is 5.13 Å². The molecule has 3 rings (SSSR count). The number of thiazole rings is 1. The summed E-state index contributed by atoms with van der Waals surface area (Å²) in [7, 11) is -5.48. The lowest BCUT2D eigenvalue weighted by Gasteiger charge is -2.08. The molecule has 0 aliphatic rings. The molecule has 0 spiro atoms. The van der Waals surface area contributed by atoms with Crippen molar-refractivity contribution in [2.45, 2.75) is 5.51 Å². The van der Waals surface area contributed by atoms with Gasteiger partial charge >= 0.3 is 15.5 Å². The Morgan fingerprint density at radius 1 is 0.920 bits per heavy atom. The number of alkyl halides is 3. The molecule has 0 unspecified atom stereocenters. The van der Waals surface area contributed by atoms with E-state index >= 15 is 0 Å². The van der Waals surface area contributed by atoms with Gasteiger partial charge in [-0.15, -0.1) is 11.3 Å². The minimum Gasteiger partial charge on any atom is -0.251 e. The standard InChI is InChI=1S/C16H11F3N2O2S2/c17-16(18,19)25(22,23)21-15-20-14(10-24-15)13-9-5-4-8-12(13)11-6-2-1-3-7-11/h1-10H,(H,20,21). The van der Waals surface area contributed by atoms with Crippen LogP contribution in [0.2, 0.25) is 0 Å². The van der Waals surface area contributed by atoms with Crippen LogP contribution in [0.25, 0.3) is 22.4 Å². The molecule has 0 saturated carbocycles.